The van der Waals surface area contributed by atoms with E-state index in [1.54, 1.807) is 26.2 Å². The van der Waals surface area contributed by atoms with Gasteiger partial charge in [-0.15, -0.1) is 0 Å². The van der Waals surface area contributed by atoms with E-state index in [0.29, 0.717) is 23.7 Å². The van der Waals surface area contributed by atoms with Gasteiger partial charge in [0.25, 0.3) is 0 Å². The van der Waals surface area contributed by atoms with Crippen LogP contribution in [-0.4, -0.2) is 39.2 Å². The number of methoxy groups -OCH3 is 3. The summed E-state index contributed by atoms with van der Waals surface area (Å²) in [5, 5.41) is 0. The first kappa shape index (κ1) is 13.5. The Kier molecular flexibility index (Phi) is 3.83. The lowest BCUT2D eigenvalue weighted by molar-refractivity contribution is -0.127. The summed E-state index contributed by atoms with van der Waals surface area (Å²) in [6.45, 7) is 0. The van der Waals surface area contributed by atoms with E-state index in [-0.39, 0.29) is 11.9 Å². The summed E-state index contributed by atoms with van der Waals surface area (Å²) in [6.07, 6.45) is 1.33. The van der Waals surface area contributed by atoms with Gasteiger partial charge in [-0.05, 0) is 6.42 Å². The molecular formula is C14H19NO4. The summed E-state index contributed by atoms with van der Waals surface area (Å²) in [6, 6.07) is 3.62. The van der Waals surface area contributed by atoms with Crippen molar-refractivity contribution in [2.24, 2.45) is 0 Å². The molecule has 5 heteroatoms. The molecule has 0 saturated carbocycles. The average molecular weight is 265 g/mol. The molecule has 1 aliphatic rings. The van der Waals surface area contributed by atoms with E-state index in [4.69, 9.17) is 14.2 Å². The summed E-state index contributed by atoms with van der Waals surface area (Å²) in [4.78, 5) is 13.4. The highest BCUT2D eigenvalue weighted by Crippen LogP contribution is 2.44. The van der Waals surface area contributed by atoms with Crippen molar-refractivity contribution in [3.8, 4) is 17.2 Å². The fraction of sp³-hybridized carbons (Fsp3) is 0.500. The summed E-state index contributed by atoms with van der Waals surface area (Å²) >= 11 is 0. The minimum atomic E-state index is -0.0108. The van der Waals surface area contributed by atoms with E-state index >= 15 is 0 Å². The van der Waals surface area contributed by atoms with Crippen LogP contribution in [0.5, 0.6) is 17.2 Å². The zero-order valence-corrected chi connectivity index (χ0v) is 11.7. The van der Waals surface area contributed by atoms with Crippen molar-refractivity contribution in [2.75, 3.05) is 28.4 Å². The third-order valence-corrected chi connectivity index (χ3v) is 3.58. The highest BCUT2D eigenvalue weighted by Gasteiger charge is 2.33. The molecule has 0 bridgehead atoms. The van der Waals surface area contributed by atoms with E-state index in [2.05, 4.69) is 0 Å². The van der Waals surface area contributed by atoms with E-state index < -0.39 is 0 Å². The Morgan fingerprint density at radius 3 is 2.05 bits per heavy atom. The Morgan fingerprint density at radius 2 is 1.68 bits per heavy atom. The Balaban J connectivity index is 2.51. The van der Waals surface area contributed by atoms with Gasteiger partial charge in [-0.25, -0.2) is 0 Å². The van der Waals surface area contributed by atoms with Crippen LogP contribution in [0.4, 0.5) is 0 Å². The topological polar surface area (TPSA) is 48.0 Å². The van der Waals surface area contributed by atoms with Crippen molar-refractivity contribution in [2.45, 2.75) is 18.9 Å². The van der Waals surface area contributed by atoms with E-state index in [1.165, 1.54) is 0 Å². The minimum Gasteiger partial charge on any atom is -0.496 e. The molecule has 1 saturated heterocycles. The van der Waals surface area contributed by atoms with Crippen LogP contribution in [0.2, 0.25) is 0 Å². The number of hydrogen-bond acceptors (Lipinski definition) is 4. The van der Waals surface area contributed by atoms with Crippen LogP contribution in [0.3, 0.4) is 0 Å². The first-order valence-corrected chi connectivity index (χ1v) is 6.18. The molecule has 0 aromatic heterocycles. The average Bonchev–Trinajstić information content (AvgIpc) is 2.77. The lowest BCUT2D eigenvalue weighted by Crippen LogP contribution is -2.23. The number of benzene rings is 1. The summed E-state index contributed by atoms with van der Waals surface area (Å²) < 4.78 is 16.1. The van der Waals surface area contributed by atoms with Crippen molar-refractivity contribution in [1.82, 2.24) is 4.90 Å². The lowest BCUT2D eigenvalue weighted by atomic mass is 10.0. The second-order valence-corrected chi connectivity index (χ2v) is 4.50. The maximum Gasteiger partial charge on any atom is 0.222 e. The molecule has 0 spiro atoms. The quantitative estimate of drug-likeness (QED) is 0.835. The van der Waals surface area contributed by atoms with E-state index in [1.807, 2.05) is 19.2 Å². The molecular weight excluding hydrogens is 246 g/mol. The van der Waals surface area contributed by atoms with Crippen molar-refractivity contribution in [3.05, 3.63) is 17.7 Å². The smallest absolute Gasteiger partial charge is 0.222 e. The largest absolute Gasteiger partial charge is 0.496 e. The number of carbonyl (C=O) groups is 1. The minimum absolute atomic E-state index is 0.0108. The van der Waals surface area contributed by atoms with Gasteiger partial charge in [0.05, 0.1) is 32.9 Å². The van der Waals surface area contributed by atoms with Crippen LogP contribution < -0.4 is 14.2 Å². The van der Waals surface area contributed by atoms with Crippen LogP contribution in [0.25, 0.3) is 0 Å². The number of ether oxygens (including phenoxy) is 3. The molecule has 1 heterocycles. The molecule has 1 atom stereocenters. The van der Waals surface area contributed by atoms with Crippen LogP contribution in [0.15, 0.2) is 12.1 Å². The fourth-order valence-electron chi connectivity index (χ4n) is 2.50. The van der Waals surface area contributed by atoms with Gasteiger partial charge in [0, 0.05) is 25.6 Å². The third-order valence-electron chi connectivity index (χ3n) is 3.58. The number of likely N-dealkylation sites (tertiary alicyclic amines) is 1. The first-order valence-electron chi connectivity index (χ1n) is 6.18. The summed E-state index contributed by atoms with van der Waals surface area (Å²) in [7, 11) is 6.62. The van der Waals surface area contributed by atoms with Crippen molar-refractivity contribution >= 4 is 5.91 Å². The van der Waals surface area contributed by atoms with Gasteiger partial charge in [-0.1, -0.05) is 0 Å². The van der Waals surface area contributed by atoms with Gasteiger partial charge in [-0.2, -0.15) is 0 Å². The Labute approximate surface area is 113 Å². The molecule has 0 aliphatic carbocycles. The number of amides is 1. The molecule has 1 unspecified atom stereocenters. The number of carbonyl (C=O) groups excluding carboxylic acids is 1. The monoisotopic (exact) mass is 265 g/mol. The van der Waals surface area contributed by atoms with Gasteiger partial charge in [-0.3, -0.25) is 4.79 Å². The maximum absolute atomic E-state index is 11.7. The maximum atomic E-state index is 11.7. The SMILES string of the molecule is COc1cc(OC)c(C2CCC(=O)N2C)c(OC)c1. The predicted octanol–water partition coefficient (Wildman–Crippen LogP) is 2.01. The molecule has 0 radical (unpaired) electrons. The molecule has 1 aromatic carbocycles. The van der Waals surface area contributed by atoms with E-state index in [9.17, 15) is 4.79 Å². The summed E-state index contributed by atoms with van der Waals surface area (Å²) in [5.74, 6) is 2.18. The Bertz CT molecular complexity index is 461. The van der Waals surface area contributed by atoms with Gasteiger partial charge < -0.3 is 19.1 Å². The van der Waals surface area contributed by atoms with Crippen LogP contribution in [-0.2, 0) is 4.79 Å². The van der Waals surface area contributed by atoms with Gasteiger partial charge in [0.1, 0.15) is 17.2 Å². The molecule has 1 aliphatic heterocycles. The second kappa shape index (κ2) is 5.38. The second-order valence-electron chi connectivity index (χ2n) is 4.50. The standard InChI is InChI=1S/C14H19NO4/c1-15-10(5-6-13(15)16)14-11(18-3)7-9(17-2)8-12(14)19-4/h7-8,10H,5-6H2,1-4H3. The summed E-state index contributed by atoms with van der Waals surface area (Å²) in [5.41, 5.74) is 0.902. The predicted molar refractivity (Wildman–Crippen MR) is 70.8 cm³/mol. The molecule has 1 aromatic rings. The number of nitrogens with zero attached hydrogens (tertiary/aromatic N) is 1. The van der Waals surface area contributed by atoms with Crippen LogP contribution >= 0.6 is 0 Å². The molecule has 19 heavy (non-hydrogen) atoms. The number of rotatable bonds is 4. The van der Waals surface area contributed by atoms with Gasteiger partial charge in [0.15, 0.2) is 0 Å². The zero-order valence-electron chi connectivity index (χ0n) is 11.7. The Morgan fingerprint density at radius 1 is 1.11 bits per heavy atom. The molecule has 1 amide bonds. The molecule has 1 fully saturated rings. The Hall–Kier alpha value is -1.91. The fourth-order valence-corrected chi connectivity index (χ4v) is 2.50. The highest BCUT2D eigenvalue weighted by atomic mass is 16.5. The normalized spacial score (nSPS) is 18.6. The molecule has 5 nitrogen and oxygen atoms in total. The van der Waals surface area contributed by atoms with Gasteiger partial charge in [0.2, 0.25) is 5.91 Å². The van der Waals surface area contributed by atoms with Crippen molar-refractivity contribution < 1.29 is 19.0 Å². The lowest BCUT2D eigenvalue weighted by Gasteiger charge is -2.24. The number of hydrogen-bond donors (Lipinski definition) is 0. The molecule has 104 valence electrons. The first-order chi connectivity index (χ1) is 9.12. The molecule has 2 rings (SSSR count). The van der Waals surface area contributed by atoms with Crippen molar-refractivity contribution in [3.63, 3.8) is 0 Å². The molecule has 0 N–H and O–H groups in total. The van der Waals surface area contributed by atoms with Crippen LogP contribution in [0.1, 0.15) is 24.4 Å². The van der Waals surface area contributed by atoms with Crippen molar-refractivity contribution in [1.29, 1.82) is 0 Å². The van der Waals surface area contributed by atoms with Gasteiger partial charge >= 0.3 is 0 Å². The zero-order chi connectivity index (χ0) is 14.0. The highest BCUT2D eigenvalue weighted by molar-refractivity contribution is 5.79. The van der Waals surface area contributed by atoms with Crippen LogP contribution in [0, 0.1) is 0 Å². The third kappa shape index (κ3) is 2.32. The van der Waals surface area contributed by atoms with E-state index in [0.717, 1.165) is 12.0 Å².